The number of carbonyl (C=O) groups is 1. The van der Waals surface area contributed by atoms with Gasteiger partial charge in [0.15, 0.2) is 6.61 Å². The minimum Gasteiger partial charge on any atom is -0.482 e. The van der Waals surface area contributed by atoms with Crippen LogP contribution in [0.15, 0.2) is 79.1 Å². The summed E-state index contributed by atoms with van der Waals surface area (Å²) < 4.78 is 10.6. The summed E-state index contributed by atoms with van der Waals surface area (Å²) in [5, 5.41) is 0. The van der Waals surface area contributed by atoms with Crippen molar-refractivity contribution in [3.8, 4) is 11.5 Å². The first-order valence-electron chi connectivity index (χ1n) is 7.86. The zero-order valence-electron chi connectivity index (χ0n) is 13.5. The minimum absolute atomic E-state index is 0.131. The summed E-state index contributed by atoms with van der Waals surface area (Å²) in [5.41, 5.74) is 2.08. The summed E-state index contributed by atoms with van der Waals surface area (Å²) in [5.74, 6) is 0.683. The van der Waals surface area contributed by atoms with Gasteiger partial charge < -0.3 is 9.47 Å². The van der Waals surface area contributed by atoms with E-state index >= 15 is 0 Å². The maximum absolute atomic E-state index is 11.8. The van der Waals surface area contributed by atoms with Crippen molar-refractivity contribution >= 4 is 18.1 Å². The largest absolute Gasteiger partial charge is 0.482 e. The highest BCUT2D eigenvalue weighted by Crippen LogP contribution is 2.15. The molecular formula is C21H17NO3. The number of nitrogens with zero attached hydrogens (tertiary/aromatic N) is 1. The van der Waals surface area contributed by atoms with Gasteiger partial charge in [-0.2, -0.15) is 0 Å². The molecule has 1 aromatic heterocycles. The number of hydrogen-bond acceptors (Lipinski definition) is 4. The summed E-state index contributed by atoms with van der Waals surface area (Å²) in [6.07, 6.45) is 7.48. The van der Waals surface area contributed by atoms with Crippen LogP contribution in [0.25, 0.3) is 12.2 Å². The maximum Gasteiger partial charge on any atom is 0.349 e. The van der Waals surface area contributed by atoms with Crippen LogP contribution in [0.3, 0.4) is 0 Å². The van der Waals surface area contributed by atoms with Gasteiger partial charge in [0.2, 0.25) is 0 Å². The number of rotatable bonds is 6. The van der Waals surface area contributed by atoms with Gasteiger partial charge in [0, 0.05) is 12.4 Å². The highest BCUT2D eigenvalue weighted by molar-refractivity contribution is 5.74. The molecule has 0 aliphatic heterocycles. The van der Waals surface area contributed by atoms with Crippen LogP contribution in [0.1, 0.15) is 11.1 Å². The van der Waals surface area contributed by atoms with Crippen LogP contribution in [0.5, 0.6) is 11.5 Å². The minimum atomic E-state index is -0.441. The third-order valence-corrected chi connectivity index (χ3v) is 3.39. The molecule has 0 saturated carbocycles. The Bertz CT molecular complexity index is 828. The van der Waals surface area contributed by atoms with E-state index < -0.39 is 5.97 Å². The van der Waals surface area contributed by atoms with Crippen molar-refractivity contribution < 1.29 is 14.3 Å². The van der Waals surface area contributed by atoms with E-state index in [-0.39, 0.29) is 6.61 Å². The molecule has 4 heteroatoms. The summed E-state index contributed by atoms with van der Waals surface area (Å²) in [7, 11) is 0. The summed E-state index contributed by atoms with van der Waals surface area (Å²) in [4.78, 5) is 15.8. The van der Waals surface area contributed by atoms with E-state index in [1.807, 2.05) is 54.6 Å². The molecule has 3 aromatic rings. The average molecular weight is 331 g/mol. The van der Waals surface area contributed by atoms with Gasteiger partial charge in [-0.05, 0) is 47.5 Å². The molecule has 0 spiro atoms. The second-order valence-electron chi connectivity index (χ2n) is 5.26. The SMILES string of the molecule is O=C(COc1ccccc1)Oc1ccc(/C=C/c2ccncc2)cc1. The summed E-state index contributed by atoms with van der Waals surface area (Å²) >= 11 is 0. The van der Waals surface area contributed by atoms with Gasteiger partial charge in [0.1, 0.15) is 11.5 Å². The van der Waals surface area contributed by atoms with Crippen LogP contribution in [-0.4, -0.2) is 17.6 Å². The molecule has 124 valence electrons. The number of para-hydroxylation sites is 1. The van der Waals surface area contributed by atoms with Gasteiger partial charge in [0.05, 0.1) is 0 Å². The van der Waals surface area contributed by atoms with E-state index in [9.17, 15) is 4.79 Å². The second kappa shape index (κ2) is 8.45. The monoisotopic (exact) mass is 331 g/mol. The zero-order chi connectivity index (χ0) is 17.3. The van der Waals surface area contributed by atoms with Crippen molar-refractivity contribution in [3.63, 3.8) is 0 Å². The Hall–Kier alpha value is -3.40. The van der Waals surface area contributed by atoms with E-state index in [1.165, 1.54) is 0 Å². The van der Waals surface area contributed by atoms with Crippen molar-refractivity contribution in [3.05, 3.63) is 90.3 Å². The quantitative estimate of drug-likeness (QED) is 0.501. The number of carbonyl (C=O) groups excluding carboxylic acids is 1. The van der Waals surface area contributed by atoms with Crippen LogP contribution in [0.4, 0.5) is 0 Å². The molecular weight excluding hydrogens is 314 g/mol. The normalized spacial score (nSPS) is 10.6. The first kappa shape index (κ1) is 16.5. The van der Waals surface area contributed by atoms with E-state index in [0.717, 1.165) is 11.1 Å². The maximum atomic E-state index is 11.8. The molecule has 0 amide bonds. The van der Waals surface area contributed by atoms with Gasteiger partial charge in [-0.15, -0.1) is 0 Å². The Morgan fingerprint density at radius 3 is 2.12 bits per heavy atom. The molecule has 25 heavy (non-hydrogen) atoms. The first-order valence-corrected chi connectivity index (χ1v) is 7.86. The number of ether oxygens (including phenoxy) is 2. The summed E-state index contributed by atoms with van der Waals surface area (Å²) in [6, 6.07) is 20.3. The molecule has 0 fully saturated rings. The number of aromatic nitrogens is 1. The van der Waals surface area contributed by atoms with Crippen molar-refractivity contribution in [1.82, 2.24) is 4.98 Å². The molecule has 0 aliphatic rings. The van der Waals surface area contributed by atoms with Gasteiger partial charge in [-0.1, -0.05) is 42.5 Å². The third-order valence-electron chi connectivity index (χ3n) is 3.39. The highest BCUT2D eigenvalue weighted by Gasteiger charge is 2.05. The second-order valence-corrected chi connectivity index (χ2v) is 5.26. The molecule has 0 N–H and O–H groups in total. The van der Waals surface area contributed by atoms with Crippen LogP contribution in [0.2, 0.25) is 0 Å². The number of pyridine rings is 1. The molecule has 0 radical (unpaired) electrons. The molecule has 0 saturated heterocycles. The van der Waals surface area contributed by atoms with Crippen molar-refractivity contribution in [2.45, 2.75) is 0 Å². The van der Waals surface area contributed by atoms with Crippen LogP contribution in [-0.2, 0) is 4.79 Å². The fourth-order valence-electron chi connectivity index (χ4n) is 2.13. The number of hydrogen-bond donors (Lipinski definition) is 0. The summed E-state index contributed by atoms with van der Waals surface area (Å²) in [6.45, 7) is -0.131. The Morgan fingerprint density at radius 2 is 1.44 bits per heavy atom. The molecule has 2 aromatic carbocycles. The number of esters is 1. The first-order chi connectivity index (χ1) is 12.3. The molecule has 0 aliphatic carbocycles. The van der Waals surface area contributed by atoms with Gasteiger partial charge in [-0.25, -0.2) is 4.79 Å². The predicted molar refractivity (Wildman–Crippen MR) is 97.2 cm³/mol. The fraction of sp³-hybridized carbons (Fsp3) is 0.0476. The molecule has 1 heterocycles. The molecule has 0 bridgehead atoms. The highest BCUT2D eigenvalue weighted by atomic mass is 16.6. The zero-order valence-corrected chi connectivity index (χ0v) is 13.5. The fourth-order valence-corrected chi connectivity index (χ4v) is 2.13. The standard InChI is InChI=1S/C21H17NO3/c23-21(16-24-19-4-2-1-3-5-19)25-20-10-8-17(9-11-20)6-7-18-12-14-22-15-13-18/h1-15H,16H2/b7-6+. The molecule has 4 nitrogen and oxygen atoms in total. The van der Waals surface area contributed by atoms with Crippen molar-refractivity contribution in [2.24, 2.45) is 0 Å². The van der Waals surface area contributed by atoms with Crippen molar-refractivity contribution in [1.29, 1.82) is 0 Å². The van der Waals surface area contributed by atoms with E-state index in [2.05, 4.69) is 4.98 Å². The van der Waals surface area contributed by atoms with Gasteiger partial charge in [0.25, 0.3) is 0 Å². The lowest BCUT2D eigenvalue weighted by atomic mass is 10.1. The average Bonchev–Trinajstić information content (AvgIpc) is 2.67. The van der Waals surface area contributed by atoms with E-state index in [1.54, 1.807) is 36.7 Å². The van der Waals surface area contributed by atoms with E-state index in [4.69, 9.17) is 9.47 Å². The molecule has 0 atom stereocenters. The van der Waals surface area contributed by atoms with E-state index in [0.29, 0.717) is 11.5 Å². The third kappa shape index (κ3) is 5.32. The smallest absolute Gasteiger partial charge is 0.349 e. The van der Waals surface area contributed by atoms with Crippen LogP contribution < -0.4 is 9.47 Å². The van der Waals surface area contributed by atoms with Gasteiger partial charge >= 0.3 is 5.97 Å². The predicted octanol–water partition coefficient (Wildman–Crippen LogP) is 4.24. The lowest BCUT2D eigenvalue weighted by molar-refractivity contribution is -0.136. The topological polar surface area (TPSA) is 48.4 Å². The Balaban J connectivity index is 1.52. The lowest BCUT2D eigenvalue weighted by Gasteiger charge is -2.06. The van der Waals surface area contributed by atoms with Crippen LogP contribution in [0, 0.1) is 0 Å². The molecule has 3 rings (SSSR count). The van der Waals surface area contributed by atoms with Crippen molar-refractivity contribution in [2.75, 3.05) is 6.61 Å². The Kier molecular flexibility index (Phi) is 5.56. The Morgan fingerprint density at radius 1 is 0.800 bits per heavy atom. The number of benzene rings is 2. The van der Waals surface area contributed by atoms with Crippen LogP contribution >= 0.6 is 0 Å². The molecule has 0 unspecified atom stereocenters. The lowest BCUT2D eigenvalue weighted by Crippen LogP contribution is -2.17. The Labute approximate surface area is 146 Å². The van der Waals surface area contributed by atoms with Gasteiger partial charge in [-0.3, -0.25) is 4.98 Å².